The fraction of sp³-hybridized carbons (Fsp3) is 0.226. The molecular formula is C31H28BrClN2O2S. The summed E-state index contributed by atoms with van der Waals surface area (Å²) in [5, 5.41) is 4.52. The second kappa shape index (κ2) is 11.9. The molecule has 4 aromatic rings. The van der Waals surface area contributed by atoms with E-state index in [1.807, 2.05) is 73.7 Å². The van der Waals surface area contributed by atoms with Gasteiger partial charge >= 0.3 is 0 Å². The summed E-state index contributed by atoms with van der Waals surface area (Å²) in [5.74, 6) is 1.18. The number of para-hydroxylation sites is 1. The van der Waals surface area contributed by atoms with Gasteiger partial charge in [-0.1, -0.05) is 70.9 Å². The summed E-state index contributed by atoms with van der Waals surface area (Å²) in [4.78, 5) is 19.7. The summed E-state index contributed by atoms with van der Waals surface area (Å²) >= 11 is 11.5. The van der Waals surface area contributed by atoms with E-state index in [1.54, 1.807) is 17.6 Å². The third-order valence-electron chi connectivity index (χ3n) is 6.75. The van der Waals surface area contributed by atoms with Gasteiger partial charge in [0.05, 0.1) is 5.56 Å². The number of thiophene rings is 1. The van der Waals surface area contributed by atoms with E-state index in [4.69, 9.17) is 21.3 Å². The average molecular weight is 608 g/mol. The number of rotatable bonds is 7. The lowest BCUT2D eigenvalue weighted by Gasteiger charge is -2.18. The Morgan fingerprint density at radius 3 is 2.79 bits per heavy atom. The molecule has 194 valence electrons. The molecule has 0 fully saturated rings. The minimum absolute atomic E-state index is 0.108. The summed E-state index contributed by atoms with van der Waals surface area (Å²) in [6.07, 6.45) is 4.73. The standard InChI is InChI=1S/C31H28BrClN2O2S/c1-19-11-13-24-28(15-19)38-31(29(24)30(36)35-26-10-6-3-7-20(26)2)34-17-22-16-23(32)12-14-27(22)37-18-21-8-4-5-9-25(21)33/h3-10,12,14,16-17,19H,11,13,15,18H2,1-2H3,(H,35,36)/t19-/m1/s1. The third-order valence-corrected chi connectivity index (χ3v) is 8.77. The van der Waals surface area contributed by atoms with Gasteiger partial charge in [0.2, 0.25) is 0 Å². The lowest BCUT2D eigenvalue weighted by Crippen LogP contribution is -2.17. The lowest BCUT2D eigenvalue weighted by molar-refractivity contribution is 0.102. The first-order valence-corrected chi connectivity index (χ1v) is 14.6. The topological polar surface area (TPSA) is 50.7 Å². The maximum Gasteiger partial charge on any atom is 0.259 e. The SMILES string of the molecule is Cc1ccccc1NC(=O)c1c(N=Cc2cc(Br)ccc2OCc2ccccc2Cl)sc2c1CC[C@@H](C)C2. The summed E-state index contributed by atoms with van der Waals surface area (Å²) in [5.41, 5.74) is 5.39. The van der Waals surface area contributed by atoms with E-state index in [2.05, 4.69) is 28.2 Å². The number of fused-ring (bicyclic) bond motifs is 1. The van der Waals surface area contributed by atoms with E-state index in [9.17, 15) is 4.79 Å². The molecule has 0 spiro atoms. The van der Waals surface area contributed by atoms with Gasteiger partial charge in [-0.3, -0.25) is 4.79 Å². The van der Waals surface area contributed by atoms with Crippen molar-refractivity contribution in [1.82, 2.24) is 0 Å². The van der Waals surface area contributed by atoms with E-state index in [0.717, 1.165) is 56.7 Å². The van der Waals surface area contributed by atoms with Crippen molar-refractivity contribution in [2.45, 2.75) is 39.7 Å². The van der Waals surface area contributed by atoms with Gasteiger partial charge in [0.1, 0.15) is 17.4 Å². The van der Waals surface area contributed by atoms with E-state index in [1.165, 1.54) is 4.88 Å². The molecule has 1 aliphatic rings. The van der Waals surface area contributed by atoms with Crippen molar-refractivity contribution in [1.29, 1.82) is 0 Å². The third kappa shape index (κ3) is 6.04. The summed E-state index contributed by atoms with van der Waals surface area (Å²) in [7, 11) is 0. The molecule has 38 heavy (non-hydrogen) atoms. The largest absolute Gasteiger partial charge is 0.488 e. The molecule has 1 amide bonds. The number of benzene rings is 3. The fourth-order valence-corrected chi connectivity index (χ4v) is 6.53. The Kier molecular flexibility index (Phi) is 8.32. The van der Waals surface area contributed by atoms with Crippen LogP contribution in [0.1, 0.15) is 50.8 Å². The number of nitrogens with zero attached hydrogens (tertiary/aromatic N) is 1. The zero-order valence-corrected chi connectivity index (χ0v) is 24.4. The number of hydrogen-bond acceptors (Lipinski definition) is 4. The van der Waals surface area contributed by atoms with Crippen molar-refractivity contribution in [2.75, 3.05) is 5.32 Å². The number of aliphatic imine (C=N–C) groups is 1. The molecule has 3 aromatic carbocycles. The van der Waals surface area contributed by atoms with Crippen LogP contribution in [0.5, 0.6) is 5.75 Å². The zero-order chi connectivity index (χ0) is 26.6. The Bertz CT molecular complexity index is 1510. The van der Waals surface area contributed by atoms with E-state index in [-0.39, 0.29) is 5.91 Å². The number of anilines is 1. The van der Waals surface area contributed by atoms with Gasteiger partial charge in [-0.05, 0) is 73.6 Å². The van der Waals surface area contributed by atoms with E-state index in [0.29, 0.717) is 28.9 Å². The average Bonchev–Trinajstić information content (AvgIpc) is 3.26. The highest BCUT2D eigenvalue weighted by atomic mass is 79.9. The minimum atomic E-state index is -0.108. The van der Waals surface area contributed by atoms with Gasteiger partial charge in [0.25, 0.3) is 5.91 Å². The predicted octanol–water partition coefficient (Wildman–Crippen LogP) is 9.18. The van der Waals surface area contributed by atoms with Gasteiger partial charge < -0.3 is 10.1 Å². The van der Waals surface area contributed by atoms with Crippen LogP contribution in [0.3, 0.4) is 0 Å². The van der Waals surface area contributed by atoms with E-state index < -0.39 is 0 Å². The van der Waals surface area contributed by atoms with Crippen molar-refractivity contribution in [2.24, 2.45) is 10.9 Å². The van der Waals surface area contributed by atoms with Crippen LogP contribution < -0.4 is 10.1 Å². The monoisotopic (exact) mass is 606 g/mol. The highest BCUT2D eigenvalue weighted by Gasteiger charge is 2.27. The normalized spacial score (nSPS) is 14.9. The van der Waals surface area contributed by atoms with Gasteiger partial charge in [-0.2, -0.15) is 0 Å². The van der Waals surface area contributed by atoms with Gasteiger partial charge in [0, 0.05) is 37.4 Å². The Morgan fingerprint density at radius 2 is 1.97 bits per heavy atom. The minimum Gasteiger partial charge on any atom is -0.488 e. The van der Waals surface area contributed by atoms with Crippen LogP contribution in [0.4, 0.5) is 10.7 Å². The van der Waals surface area contributed by atoms with Crippen molar-refractivity contribution in [3.8, 4) is 5.75 Å². The molecule has 1 N–H and O–H groups in total. The molecule has 1 heterocycles. The highest BCUT2D eigenvalue weighted by molar-refractivity contribution is 9.10. The Hall–Kier alpha value is -2.93. The fourth-order valence-electron chi connectivity index (χ4n) is 4.61. The number of hydrogen-bond donors (Lipinski definition) is 1. The smallest absolute Gasteiger partial charge is 0.259 e. The lowest BCUT2D eigenvalue weighted by atomic mass is 9.88. The quantitative estimate of drug-likeness (QED) is 0.213. The molecule has 1 aromatic heterocycles. The van der Waals surface area contributed by atoms with Gasteiger partial charge in [-0.25, -0.2) is 4.99 Å². The maximum absolute atomic E-state index is 13.6. The number of carbonyl (C=O) groups is 1. The van der Waals surface area contributed by atoms with Crippen molar-refractivity contribution in [3.63, 3.8) is 0 Å². The number of amides is 1. The van der Waals surface area contributed by atoms with Gasteiger partial charge in [-0.15, -0.1) is 11.3 Å². The van der Waals surface area contributed by atoms with E-state index >= 15 is 0 Å². The number of nitrogens with one attached hydrogen (secondary N) is 1. The highest BCUT2D eigenvalue weighted by Crippen LogP contribution is 2.42. The van der Waals surface area contributed by atoms with Crippen LogP contribution in [-0.2, 0) is 19.4 Å². The van der Waals surface area contributed by atoms with Crippen LogP contribution in [0.15, 0.2) is 76.2 Å². The zero-order valence-electron chi connectivity index (χ0n) is 21.3. The molecule has 7 heteroatoms. The van der Waals surface area contributed by atoms with Crippen molar-refractivity contribution < 1.29 is 9.53 Å². The van der Waals surface area contributed by atoms with Gasteiger partial charge in [0.15, 0.2) is 0 Å². The molecule has 1 aliphatic carbocycles. The molecule has 0 unspecified atom stereocenters. The molecule has 0 aliphatic heterocycles. The molecule has 0 bridgehead atoms. The first kappa shape index (κ1) is 26.7. The van der Waals surface area contributed by atoms with Crippen molar-refractivity contribution in [3.05, 3.63) is 109 Å². The molecular weight excluding hydrogens is 580 g/mol. The molecule has 5 rings (SSSR count). The maximum atomic E-state index is 13.6. The molecule has 0 radical (unpaired) electrons. The number of halogens is 2. The Labute approximate surface area is 240 Å². The van der Waals surface area contributed by atoms with Crippen LogP contribution in [0.2, 0.25) is 5.02 Å². The summed E-state index contributed by atoms with van der Waals surface area (Å²) < 4.78 is 7.06. The first-order valence-electron chi connectivity index (χ1n) is 12.6. The number of ether oxygens (including phenoxy) is 1. The second-order valence-corrected chi connectivity index (χ2v) is 12.0. The summed E-state index contributed by atoms with van der Waals surface area (Å²) in [6.45, 7) is 4.61. The Morgan fingerprint density at radius 1 is 1.18 bits per heavy atom. The molecule has 0 saturated carbocycles. The summed E-state index contributed by atoms with van der Waals surface area (Å²) in [6, 6.07) is 21.3. The molecule has 4 nitrogen and oxygen atoms in total. The van der Waals surface area contributed by atoms with Crippen LogP contribution in [0.25, 0.3) is 0 Å². The first-order chi connectivity index (χ1) is 18.4. The van der Waals surface area contributed by atoms with Crippen LogP contribution in [-0.4, -0.2) is 12.1 Å². The second-order valence-electron chi connectivity index (χ2n) is 9.62. The molecule has 1 atom stereocenters. The Balaban J connectivity index is 1.47. The predicted molar refractivity (Wildman–Crippen MR) is 162 cm³/mol. The molecule has 0 saturated heterocycles. The number of carbonyl (C=O) groups excluding carboxylic acids is 1. The van der Waals surface area contributed by atoms with Crippen LogP contribution >= 0.6 is 38.9 Å². The number of aryl methyl sites for hydroxylation is 1. The van der Waals surface area contributed by atoms with Crippen LogP contribution in [0, 0.1) is 12.8 Å². The van der Waals surface area contributed by atoms with Crippen molar-refractivity contribution >= 4 is 61.7 Å².